The van der Waals surface area contributed by atoms with E-state index >= 15 is 0 Å². The predicted molar refractivity (Wildman–Crippen MR) is 66.1 cm³/mol. The Hall–Kier alpha value is 1.09. The van der Waals surface area contributed by atoms with E-state index in [0.29, 0.717) is 0 Å². The topological polar surface area (TPSA) is 9.23 Å². The fourth-order valence-electron chi connectivity index (χ4n) is 2.25. The molecule has 0 N–H and O–H groups in total. The molecule has 0 amide bonds. The molecule has 1 saturated carbocycles. The molecule has 1 rings (SSSR count). The summed E-state index contributed by atoms with van der Waals surface area (Å²) in [4.78, 5) is 0. The minimum absolute atomic E-state index is 0.155. The maximum atomic E-state index is 6.29. The average molecular weight is 300 g/mol. The number of halogens is 1. The van der Waals surface area contributed by atoms with Gasteiger partial charge in [0.05, 0.1) is 0 Å². The molecule has 1 aliphatic rings. The first kappa shape index (κ1) is 16.1. The summed E-state index contributed by atoms with van der Waals surface area (Å²) >= 11 is 0.847. The molecule has 0 spiro atoms. The van der Waals surface area contributed by atoms with Crippen LogP contribution in [0.15, 0.2) is 0 Å². The van der Waals surface area contributed by atoms with Gasteiger partial charge in [0.25, 0.3) is 0 Å². The van der Waals surface area contributed by atoms with E-state index in [4.69, 9.17) is 14.1 Å². The van der Waals surface area contributed by atoms with Crippen LogP contribution in [0, 0.1) is 6.92 Å². The van der Waals surface area contributed by atoms with Crippen LogP contribution < -0.4 is 0 Å². The van der Waals surface area contributed by atoms with Crippen molar-refractivity contribution in [3.63, 3.8) is 0 Å². The number of hydrogen-bond acceptors (Lipinski definition) is 1. The fraction of sp³-hybridized carbons (Fsp3) is 0.909. The van der Waals surface area contributed by atoms with Gasteiger partial charge in [-0.3, -0.25) is 0 Å². The van der Waals surface area contributed by atoms with E-state index in [1.807, 2.05) is 0 Å². The molecule has 0 bridgehead atoms. The number of hydrogen-bond donors (Lipinski definition) is 0. The monoisotopic (exact) mass is 298 g/mol. The summed E-state index contributed by atoms with van der Waals surface area (Å²) in [5.41, 5.74) is 0.155. The molecule has 1 aliphatic carbocycles. The Morgan fingerprint density at radius 1 is 1.20 bits per heavy atom. The van der Waals surface area contributed by atoms with Gasteiger partial charge in [-0.1, -0.05) is 19.3 Å². The minimum atomic E-state index is -1.38. The van der Waals surface area contributed by atoms with Crippen molar-refractivity contribution in [2.75, 3.05) is 0 Å². The van der Waals surface area contributed by atoms with Crippen LogP contribution in [-0.2, 0) is 21.7 Å². The second kappa shape index (κ2) is 7.42. The summed E-state index contributed by atoms with van der Waals surface area (Å²) in [7, 11) is 3.39. The molecule has 15 heavy (non-hydrogen) atoms. The molecule has 86 valence electrons. The molecular weight excluding hydrogens is 277 g/mol. The Kier molecular flexibility index (Phi) is 7.96. The molecule has 0 unspecified atom stereocenters. The summed E-state index contributed by atoms with van der Waals surface area (Å²) < 4.78 is 6.29. The first-order chi connectivity index (χ1) is 6.97. The second-order valence-electron chi connectivity index (χ2n) is 5.21. The molecule has 0 heterocycles. The van der Waals surface area contributed by atoms with Gasteiger partial charge in [-0.15, -0.1) is 0 Å². The Morgan fingerprint density at radius 3 is 2.00 bits per heavy atom. The zero-order valence-corrected chi connectivity index (χ0v) is 15.2. The van der Waals surface area contributed by atoms with Crippen LogP contribution in [0.25, 0.3) is 0 Å². The first-order valence-electron chi connectivity index (χ1n) is 5.74. The molecule has 0 radical (unpaired) electrons. The maximum absolute atomic E-state index is 6.29. The molecule has 0 atom stereocenters. The van der Waals surface area contributed by atoms with Crippen LogP contribution >= 0.6 is 9.69 Å². The van der Waals surface area contributed by atoms with Gasteiger partial charge in [0.2, 0.25) is 0 Å². The fourth-order valence-corrected chi connectivity index (χ4v) is 3.85. The Bertz CT molecular complexity index is 164. The van der Waals surface area contributed by atoms with Crippen LogP contribution in [0.3, 0.4) is 0 Å². The van der Waals surface area contributed by atoms with Crippen molar-refractivity contribution < 1.29 is 21.7 Å². The van der Waals surface area contributed by atoms with Crippen molar-refractivity contribution in [3.05, 3.63) is 6.92 Å². The SMILES string of the molecule is [CH2-]CC1(O[Si](C)(C)C)CCCCC1.[Cl][Zn+]. The zero-order valence-electron chi connectivity index (χ0n) is 10.4. The predicted octanol–water partition coefficient (Wildman–Crippen LogP) is 4.45. The third kappa shape index (κ3) is 6.41. The molecule has 1 fully saturated rings. The standard InChI is InChI=1S/C11H23OSi.ClH.Zn/c1-5-11(12-13(2,3)4)9-7-6-8-10-11;;/h1,5-10H2,2-4H3;1H;/q-1;;+2/p-1. The van der Waals surface area contributed by atoms with Gasteiger partial charge in [0.1, 0.15) is 0 Å². The summed E-state index contributed by atoms with van der Waals surface area (Å²) in [5, 5.41) is 0. The van der Waals surface area contributed by atoms with E-state index in [0.717, 1.165) is 23.7 Å². The van der Waals surface area contributed by atoms with E-state index in [-0.39, 0.29) is 5.60 Å². The van der Waals surface area contributed by atoms with Crippen molar-refractivity contribution in [2.45, 2.75) is 63.8 Å². The van der Waals surface area contributed by atoms with Crippen LogP contribution in [0.4, 0.5) is 0 Å². The molecule has 4 heteroatoms. The van der Waals surface area contributed by atoms with E-state index < -0.39 is 8.32 Å². The van der Waals surface area contributed by atoms with Crippen molar-refractivity contribution >= 4 is 18.0 Å². The van der Waals surface area contributed by atoms with Crippen LogP contribution in [0.1, 0.15) is 38.5 Å². The van der Waals surface area contributed by atoms with Crippen molar-refractivity contribution in [3.8, 4) is 0 Å². The second-order valence-corrected chi connectivity index (χ2v) is 9.64. The zero-order chi connectivity index (χ0) is 11.9. The molecule has 0 saturated heterocycles. The van der Waals surface area contributed by atoms with E-state index in [1.54, 1.807) is 0 Å². The Morgan fingerprint density at radius 2 is 1.67 bits per heavy atom. The third-order valence-corrected chi connectivity index (χ3v) is 3.79. The van der Waals surface area contributed by atoms with E-state index in [2.05, 4.69) is 26.6 Å². The molecule has 1 nitrogen and oxygen atoms in total. The Labute approximate surface area is 110 Å². The molecule has 0 aromatic rings. The Balaban J connectivity index is 0.000000921. The molecule has 0 aliphatic heterocycles. The van der Waals surface area contributed by atoms with Crippen molar-refractivity contribution in [1.82, 2.24) is 0 Å². The van der Waals surface area contributed by atoms with Crippen molar-refractivity contribution in [1.29, 1.82) is 0 Å². The van der Waals surface area contributed by atoms with Gasteiger partial charge < -0.3 is 11.3 Å². The first-order valence-corrected chi connectivity index (χ1v) is 13.0. The summed E-state index contributed by atoms with van der Waals surface area (Å²) in [6, 6.07) is 0. The quantitative estimate of drug-likeness (QED) is 0.552. The van der Waals surface area contributed by atoms with Crippen LogP contribution in [0.2, 0.25) is 19.6 Å². The average Bonchev–Trinajstić information content (AvgIpc) is 2.20. The van der Waals surface area contributed by atoms with E-state index in [1.165, 1.54) is 32.1 Å². The van der Waals surface area contributed by atoms with Crippen LogP contribution in [0.5, 0.6) is 0 Å². The summed E-state index contributed by atoms with van der Waals surface area (Å²) in [6.07, 6.45) is 7.48. The summed E-state index contributed by atoms with van der Waals surface area (Å²) in [6.45, 7) is 10.9. The van der Waals surface area contributed by atoms with Crippen molar-refractivity contribution in [2.24, 2.45) is 0 Å². The van der Waals surface area contributed by atoms with Gasteiger partial charge in [0.15, 0.2) is 8.32 Å². The molecular formula is C11H23ClOSiZn. The van der Waals surface area contributed by atoms with Crippen LogP contribution in [-0.4, -0.2) is 13.9 Å². The molecule has 0 aromatic heterocycles. The van der Waals surface area contributed by atoms with E-state index in [9.17, 15) is 0 Å². The van der Waals surface area contributed by atoms with Gasteiger partial charge in [-0.25, -0.2) is 0 Å². The molecule has 0 aromatic carbocycles. The van der Waals surface area contributed by atoms with Gasteiger partial charge in [-0.05, 0) is 32.5 Å². The van der Waals surface area contributed by atoms with Gasteiger partial charge >= 0.3 is 27.0 Å². The van der Waals surface area contributed by atoms with Gasteiger partial charge in [0, 0.05) is 5.60 Å². The normalized spacial score (nSPS) is 20.5. The third-order valence-electron chi connectivity index (χ3n) is 2.74. The number of rotatable bonds is 3. The summed E-state index contributed by atoms with van der Waals surface area (Å²) in [5.74, 6) is 0. The van der Waals surface area contributed by atoms with Gasteiger partial charge in [-0.2, -0.15) is 6.42 Å².